The van der Waals surface area contributed by atoms with Crippen LogP contribution in [0.2, 0.25) is 0 Å². The van der Waals surface area contributed by atoms with E-state index in [0.29, 0.717) is 11.1 Å². The second-order valence-electron chi connectivity index (χ2n) is 6.45. The predicted octanol–water partition coefficient (Wildman–Crippen LogP) is 2.63. The largest absolute Gasteiger partial charge is 0.460 e. The number of ether oxygens (including phenoxy) is 1. The highest BCUT2D eigenvalue weighted by Crippen LogP contribution is 2.23. The first kappa shape index (κ1) is 17.0. The SMILES string of the molecule is Cc1[nH]c2ccc(C(=O)OCCN3C(=O)c4ccncc4C3=O)cc2c1C. The maximum atomic E-state index is 12.3. The molecule has 0 atom stereocenters. The van der Waals surface area contributed by atoms with Crippen molar-refractivity contribution in [1.29, 1.82) is 0 Å². The highest BCUT2D eigenvalue weighted by molar-refractivity contribution is 6.21. The minimum atomic E-state index is -0.492. The van der Waals surface area contributed by atoms with E-state index in [0.717, 1.165) is 27.1 Å². The van der Waals surface area contributed by atoms with E-state index in [2.05, 4.69) is 9.97 Å². The number of pyridine rings is 1. The van der Waals surface area contributed by atoms with Gasteiger partial charge in [-0.1, -0.05) is 0 Å². The fourth-order valence-electron chi connectivity index (χ4n) is 3.24. The summed E-state index contributed by atoms with van der Waals surface area (Å²) in [5.41, 5.74) is 4.12. The van der Waals surface area contributed by atoms with Crippen molar-refractivity contribution in [3.63, 3.8) is 0 Å². The van der Waals surface area contributed by atoms with E-state index < -0.39 is 17.8 Å². The molecule has 0 fully saturated rings. The Morgan fingerprint density at radius 1 is 1.15 bits per heavy atom. The number of aryl methyl sites for hydroxylation is 2. The van der Waals surface area contributed by atoms with E-state index in [1.807, 2.05) is 19.9 Å². The number of carbonyl (C=O) groups excluding carboxylic acids is 3. The lowest BCUT2D eigenvalue weighted by Gasteiger charge is -2.13. The van der Waals surface area contributed by atoms with Crippen LogP contribution in [0.5, 0.6) is 0 Å². The quantitative estimate of drug-likeness (QED) is 0.568. The van der Waals surface area contributed by atoms with E-state index in [1.54, 1.807) is 12.1 Å². The summed E-state index contributed by atoms with van der Waals surface area (Å²) in [7, 11) is 0. The van der Waals surface area contributed by atoms with Gasteiger partial charge >= 0.3 is 5.97 Å². The van der Waals surface area contributed by atoms with Gasteiger partial charge in [0.2, 0.25) is 0 Å². The van der Waals surface area contributed by atoms with Crippen LogP contribution in [0, 0.1) is 13.8 Å². The molecule has 1 aliphatic rings. The van der Waals surface area contributed by atoms with Crippen molar-refractivity contribution in [1.82, 2.24) is 14.9 Å². The average Bonchev–Trinajstić information content (AvgIpc) is 3.10. The van der Waals surface area contributed by atoms with Gasteiger partial charge in [0.25, 0.3) is 11.8 Å². The number of carbonyl (C=O) groups is 3. The first-order valence-electron chi connectivity index (χ1n) is 8.53. The van der Waals surface area contributed by atoms with Gasteiger partial charge in [-0.2, -0.15) is 0 Å². The van der Waals surface area contributed by atoms with Crippen molar-refractivity contribution in [2.75, 3.05) is 13.2 Å². The van der Waals surface area contributed by atoms with Gasteiger partial charge in [0, 0.05) is 29.0 Å². The molecule has 7 heteroatoms. The van der Waals surface area contributed by atoms with Gasteiger partial charge in [0.15, 0.2) is 0 Å². The van der Waals surface area contributed by atoms with Crippen LogP contribution in [0.1, 0.15) is 42.3 Å². The van der Waals surface area contributed by atoms with Crippen molar-refractivity contribution in [2.45, 2.75) is 13.8 Å². The smallest absolute Gasteiger partial charge is 0.338 e. The van der Waals surface area contributed by atoms with E-state index in [1.165, 1.54) is 18.5 Å². The molecule has 0 radical (unpaired) electrons. The van der Waals surface area contributed by atoms with Crippen molar-refractivity contribution >= 4 is 28.7 Å². The van der Waals surface area contributed by atoms with E-state index in [4.69, 9.17) is 4.74 Å². The lowest BCUT2D eigenvalue weighted by atomic mass is 10.1. The van der Waals surface area contributed by atoms with Gasteiger partial charge in [-0.15, -0.1) is 0 Å². The number of hydrogen-bond donors (Lipinski definition) is 1. The fraction of sp³-hybridized carbons (Fsp3) is 0.200. The Morgan fingerprint density at radius 3 is 2.70 bits per heavy atom. The zero-order valence-electron chi connectivity index (χ0n) is 14.9. The van der Waals surface area contributed by atoms with Crippen LogP contribution >= 0.6 is 0 Å². The molecule has 2 aromatic heterocycles. The maximum Gasteiger partial charge on any atom is 0.338 e. The zero-order valence-corrected chi connectivity index (χ0v) is 14.9. The Bertz CT molecular complexity index is 1060. The third-order valence-corrected chi connectivity index (χ3v) is 4.86. The topological polar surface area (TPSA) is 92.4 Å². The summed E-state index contributed by atoms with van der Waals surface area (Å²) in [6.07, 6.45) is 2.84. The molecule has 2 amide bonds. The summed E-state index contributed by atoms with van der Waals surface area (Å²) in [6, 6.07) is 6.82. The average molecular weight is 363 g/mol. The summed E-state index contributed by atoms with van der Waals surface area (Å²) < 4.78 is 5.27. The minimum absolute atomic E-state index is 0.00260. The molecule has 3 aromatic rings. The molecule has 0 saturated carbocycles. The van der Waals surface area contributed by atoms with Gasteiger partial charge in [0.1, 0.15) is 6.61 Å². The fourth-order valence-corrected chi connectivity index (χ4v) is 3.24. The van der Waals surface area contributed by atoms with Gasteiger partial charge in [-0.05, 0) is 43.7 Å². The van der Waals surface area contributed by atoms with Crippen LogP contribution < -0.4 is 0 Å². The van der Waals surface area contributed by atoms with Gasteiger partial charge in [0.05, 0.1) is 23.2 Å². The van der Waals surface area contributed by atoms with Crippen molar-refractivity contribution in [3.05, 3.63) is 64.6 Å². The van der Waals surface area contributed by atoms with E-state index >= 15 is 0 Å². The Balaban J connectivity index is 1.43. The number of nitrogens with one attached hydrogen (secondary N) is 1. The standard InChI is InChI=1S/C20H17N3O4/c1-11-12(2)22-17-4-3-13(9-15(11)17)20(26)27-8-7-23-18(24)14-5-6-21-10-16(14)19(23)25/h3-6,9-10,22H,7-8H2,1-2H3. The van der Waals surface area contributed by atoms with Gasteiger partial charge in [-0.25, -0.2) is 4.79 Å². The number of amides is 2. The first-order valence-corrected chi connectivity index (χ1v) is 8.53. The first-order chi connectivity index (χ1) is 13.0. The van der Waals surface area contributed by atoms with Gasteiger partial charge < -0.3 is 9.72 Å². The normalized spacial score (nSPS) is 13.3. The number of esters is 1. The Kier molecular flexibility index (Phi) is 3.99. The van der Waals surface area contributed by atoms with Crippen molar-refractivity contribution < 1.29 is 19.1 Å². The molecular weight excluding hydrogens is 346 g/mol. The Morgan fingerprint density at radius 2 is 1.93 bits per heavy atom. The molecular formula is C20H17N3O4. The predicted molar refractivity (Wildman–Crippen MR) is 97.7 cm³/mol. The number of benzene rings is 1. The number of fused-ring (bicyclic) bond motifs is 2. The summed E-state index contributed by atoms with van der Waals surface area (Å²) in [5.74, 6) is -1.30. The lowest BCUT2D eigenvalue weighted by molar-refractivity contribution is 0.0420. The van der Waals surface area contributed by atoms with Crippen LogP contribution in [-0.2, 0) is 4.74 Å². The van der Waals surface area contributed by atoms with Crippen LogP contribution in [0.3, 0.4) is 0 Å². The number of H-pyrrole nitrogens is 1. The Hall–Kier alpha value is -3.48. The van der Waals surface area contributed by atoms with Crippen LogP contribution in [0.15, 0.2) is 36.7 Å². The number of nitrogens with zero attached hydrogens (tertiary/aromatic N) is 2. The third-order valence-electron chi connectivity index (χ3n) is 4.86. The second-order valence-corrected chi connectivity index (χ2v) is 6.45. The van der Waals surface area contributed by atoms with Crippen LogP contribution in [-0.4, -0.2) is 45.8 Å². The number of rotatable bonds is 4. The van der Waals surface area contributed by atoms with E-state index in [-0.39, 0.29) is 18.7 Å². The molecule has 0 aliphatic carbocycles. The minimum Gasteiger partial charge on any atom is -0.460 e. The summed E-state index contributed by atoms with van der Waals surface area (Å²) >= 11 is 0. The molecule has 3 heterocycles. The number of aromatic nitrogens is 2. The van der Waals surface area contributed by atoms with Gasteiger partial charge in [-0.3, -0.25) is 19.5 Å². The molecule has 1 aromatic carbocycles. The number of imide groups is 1. The summed E-state index contributed by atoms with van der Waals surface area (Å²) in [4.78, 5) is 45.1. The Labute approximate surface area is 155 Å². The van der Waals surface area contributed by atoms with Crippen molar-refractivity contribution in [2.24, 2.45) is 0 Å². The van der Waals surface area contributed by atoms with E-state index in [9.17, 15) is 14.4 Å². The highest BCUT2D eigenvalue weighted by Gasteiger charge is 2.35. The lowest BCUT2D eigenvalue weighted by Crippen LogP contribution is -2.33. The molecule has 4 rings (SSSR count). The molecule has 136 valence electrons. The number of hydrogen-bond acceptors (Lipinski definition) is 5. The van der Waals surface area contributed by atoms with Crippen molar-refractivity contribution in [3.8, 4) is 0 Å². The van der Waals surface area contributed by atoms with Crippen LogP contribution in [0.25, 0.3) is 10.9 Å². The monoisotopic (exact) mass is 363 g/mol. The molecule has 0 bridgehead atoms. The molecule has 0 unspecified atom stereocenters. The van der Waals surface area contributed by atoms with Crippen LogP contribution in [0.4, 0.5) is 0 Å². The molecule has 1 N–H and O–H groups in total. The third kappa shape index (κ3) is 2.77. The number of aromatic amines is 1. The molecule has 27 heavy (non-hydrogen) atoms. The molecule has 0 spiro atoms. The molecule has 0 saturated heterocycles. The zero-order chi connectivity index (χ0) is 19.1. The summed E-state index contributed by atoms with van der Waals surface area (Å²) in [6.45, 7) is 3.90. The highest BCUT2D eigenvalue weighted by atomic mass is 16.5. The maximum absolute atomic E-state index is 12.3. The summed E-state index contributed by atoms with van der Waals surface area (Å²) in [5, 5.41) is 0.967. The second kappa shape index (κ2) is 6.35. The molecule has 1 aliphatic heterocycles. The molecule has 7 nitrogen and oxygen atoms in total.